The SMILES string of the molecule is COc1ccccc1N1CCN(c2cnc(N)c(C)c2)CC1. The molecule has 1 aliphatic heterocycles. The molecule has 1 aromatic carbocycles. The van der Waals surface area contributed by atoms with Crippen LogP contribution in [-0.4, -0.2) is 38.3 Å². The zero-order chi connectivity index (χ0) is 15.5. The highest BCUT2D eigenvalue weighted by Crippen LogP contribution is 2.29. The number of para-hydroxylation sites is 2. The van der Waals surface area contributed by atoms with Crippen LogP contribution in [0.3, 0.4) is 0 Å². The molecule has 0 atom stereocenters. The van der Waals surface area contributed by atoms with Crippen molar-refractivity contribution >= 4 is 17.2 Å². The summed E-state index contributed by atoms with van der Waals surface area (Å²) >= 11 is 0. The Kier molecular flexibility index (Phi) is 4.04. The number of hydrogen-bond acceptors (Lipinski definition) is 5. The second kappa shape index (κ2) is 6.13. The lowest BCUT2D eigenvalue weighted by Crippen LogP contribution is -2.46. The molecule has 116 valence electrons. The first kappa shape index (κ1) is 14.5. The fourth-order valence-electron chi connectivity index (χ4n) is 2.84. The number of pyridine rings is 1. The third-order valence-corrected chi connectivity index (χ3v) is 4.17. The number of nitrogens with zero attached hydrogens (tertiary/aromatic N) is 3. The third kappa shape index (κ3) is 2.79. The number of nitrogens with two attached hydrogens (primary N) is 1. The van der Waals surface area contributed by atoms with E-state index in [4.69, 9.17) is 10.5 Å². The molecule has 0 aliphatic carbocycles. The second-order valence-corrected chi connectivity index (χ2v) is 5.54. The van der Waals surface area contributed by atoms with Crippen LogP contribution in [0.5, 0.6) is 5.75 Å². The van der Waals surface area contributed by atoms with Crippen molar-refractivity contribution in [2.75, 3.05) is 48.8 Å². The van der Waals surface area contributed by atoms with Crippen molar-refractivity contribution in [2.45, 2.75) is 6.92 Å². The Bertz CT molecular complexity index is 651. The predicted octanol–water partition coefficient (Wildman–Crippen LogP) is 2.31. The van der Waals surface area contributed by atoms with Crippen molar-refractivity contribution in [3.8, 4) is 5.75 Å². The number of aryl methyl sites for hydroxylation is 1. The molecule has 1 aromatic heterocycles. The molecule has 22 heavy (non-hydrogen) atoms. The monoisotopic (exact) mass is 298 g/mol. The number of rotatable bonds is 3. The summed E-state index contributed by atoms with van der Waals surface area (Å²) in [5.41, 5.74) is 9.14. The topological polar surface area (TPSA) is 54.6 Å². The van der Waals surface area contributed by atoms with E-state index in [1.807, 2.05) is 25.3 Å². The fourth-order valence-corrected chi connectivity index (χ4v) is 2.84. The summed E-state index contributed by atoms with van der Waals surface area (Å²) in [5.74, 6) is 1.54. The molecule has 1 saturated heterocycles. The molecular formula is C17H22N4O. The van der Waals surface area contributed by atoms with Gasteiger partial charge in [0.25, 0.3) is 0 Å². The Balaban J connectivity index is 1.71. The van der Waals surface area contributed by atoms with Gasteiger partial charge in [0.05, 0.1) is 24.7 Å². The van der Waals surface area contributed by atoms with E-state index >= 15 is 0 Å². The first-order valence-electron chi connectivity index (χ1n) is 7.54. The van der Waals surface area contributed by atoms with E-state index in [0.717, 1.165) is 48.9 Å². The number of methoxy groups -OCH3 is 1. The number of hydrogen-bond donors (Lipinski definition) is 1. The highest BCUT2D eigenvalue weighted by atomic mass is 16.5. The van der Waals surface area contributed by atoms with Crippen LogP contribution in [0.4, 0.5) is 17.2 Å². The summed E-state index contributed by atoms with van der Waals surface area (Å²) in [5, 5.41) is 0. The lowest BCUT2D eigenvalue weighted by atomic mass is 10.2. The van der Waals surface area contributed by atoms with Gasteiger partial charge in [-0.3, -0.25) is 0 Å². The predicted molar refractivity (Wildman–Crippen MR) is 90.8 cm³/mol. The van der Waals surface area contributed by atoms with Crippen LogP contribution in [0, 0.1) is 6.92 Å². The van der Waals surface area contributed by atoms with Gasteiger partial charge in [0.15, 0.2) is 0 Å². The van der Waals surface area contributed by atoms with E-state index in [1.165, 1.54) is 0 Å². The van der Waals surface area contributed by atoms with Gasteiger partial charge < -0.3 is 20.3 Å². The molecule has 0 spiro atoms. The number of nitrogen functional groups attached to an aromatic ring is 1. The number of piperazine rings is 1. The Morgan fingerprint density at radius 3 is 2.45 bits per heavy atom. The molecule has 1 fully saturated rings. The fraction of sp³-hybridized carbons (Fsp3) is 0.353. The van der Waals surface area contributed by atoms with Gasteiger partial charge >= 0.3 is 0 Å². The Labute approximate surface area is 131 Å². The van der Waals surface area contributed by atoms with E-state index in [1.54, 1.807) is 7.11 Å². The maximum Gasteiger partial charge on any atom is 0.142 e. The van der Waals surface area contributed by atoms with Crippen molar-refractivity contribution in [3.05, 3.63) is 42.1 Å². The van der Waals surface area contributed by atoms with E-state index in [0.29, 0.717) is 5.82 Å². The Morgan fingerprint density at radius 1 is 1.09 bits per heavy atom. The van der Waals surface area contributed by atoms with Gasteiger partial charge in [0.2, 0.25) is 0 Å². The molecule has 2 N–H and O–H groups in total. The number of anilines is 3. The smallest absolute Gasteiger partial charge is 0.142 e. The zero-order valence-electron chi connectivity index (χ0n) is 13.1. The van der Waals surface area contributed by atoms with Crippen LogP contribution in [-0.2, 0) is 0 Å². The maximum atomic E-state index is 5.80. The molecule has 0 bridgehead atoms. The average molecular weight is 298 g/mol. The Morgan fingerprint density at radius 2 is 1.77 bits per heavy atom. The van der Waals surface area contributed by atoms with Gasteiger partial charge in [-0.05, 0) is 30.7 Å². The van der Waals surface area contributed by atoms with Gasteiger partial charge in [-0.15, -0.1) is 0 Å². The summed E-state index contributed by atoms with van der Waals surface area (Å²) < 4.78 is 5.46. The molecule has 1 aliphatic rings. The molecule has 0 radical (unpaired) electrons. The standard InChI is InChI=1S/C17H22N4O/c1-13-11-14(12-19-17(13)18)20-7-9-21(10-8-20)15-5-3-4-6-16(15)22-2/h3-6,11-12H,7-10H2,1-2H3,(H2,18,19). The molecule has 3 rings (SSSR count). The minimum absolute atomic E-state index is 0.608. The normalized spacial score (nSPS) is 15.0. The highest BCUT2D eigenvalue weighted by molar-refractivity contribution is 5.60. The van der Waals surface area contributed by atoms with Gasteiger partial charge in [-0.1, -0.05) is 12.1 Å². The zero-order valence-corrected chi connectivity index (χ0v) is 13.1. The summed E-state index contributed by atoms with van der Waals surface area (Å²) in [6.45, 7) is 5.84. The molecule has 5 heteroatoms. The van der Waals surface area contributed by atoms with Crippen LogP contribution in [0.2, 0.25) is 0 Å². The van der Waals surface area contributed by atoms with E-state index in [2.05, 4.69) is 33.0 Å². The van der Waals surface area contributed by atoms with Crippen molar-refractivity contribution < 1.29 is 4.74 Å². The van der Waals surface area contributed by atoms with Crippen LogP contribution >= 0.6 is 0 Å². The van der Waals surface area contributed by atoms with Gasteiger partial charge in [-0.2, -0.15) is 0 Å². The van der Waals surface area contributed by atoms with Crippen LogP contribution < -0.4 is 20.3 Å². The summed E-state index contributed by atoms with van der Waals surface area (Å²) in [6, 6.07) is 10.3. The third-order valence-electron chi connectivity index (χ3n) is 4.17. The molecule has 0 saturated carbocycles. The highest BCUT2D eigenvalue weighted by Gasteiger charge is 2.20. The number of benzene rings is 1. The van der Waals surface area contributed by atoms with E-state index in [-0.39, 0.29) is 0 Å². The average Bonchev–Trinajstić information content (AvgIpc) is 2.57. The summed E-state index contributed by atoms with van der Waals surface area (Å²) in [4.78, 5) is 8.98. The maximum absolute atomic E-state index is 5.80. The lowest BCUT2D eigenvalue weighted by Gasteiger charge is -2.37. The second-order valence-electron chi connectivity index (χ2n) is 5.54. The van der Waals surface area contributed by atoms with Gasteiger partial charge in [-0.25, -0.2) is 4.98 Å². The lowest BCUT2D eigenvalue weighted by molar-refractivity contribution is 0.413. The van der Waals surface area contributed by atoms with Gasteiger partial charge in [0.1, 0.15) is 11.6 Å². The van der Waals surface area contributed by atoms with Crippen LogP contribution in [0.1, 0.15) is 5.56 Å². The van der Waals surface area contributed by atoms with E-state index < -0.39 is 0 Å². The molecule has 2 aromatic rings. The van der Waals surface area contributed by atoms with Crippen molar-refractivity contribution in [1.82, 2.24) is 4.98 Å². The van der Waals surface area contributed by atoms with Gasteiger partial charge in [0, 0.05) is 26.2 Å². The van der Waals surface area contributed by atoms with E-state index in [9.17, 15) is 0 Å². The molecule has 2 heterocycles. The summed E-state index contributed by atoms with van der Waals surface area (Å²) in [6.07, 6.45) is 1.86. The first-order chi connectivity index (χ1) is 10.7. The number of ether oxygens (including phenoxy) is 1. The number of aromatic nitrogens is 1. The quantitative estimate of drug-likeness (QED) is 0.942. The minimum atomic E-state index is 0.608. The first-order valence-corrected chi connectivity index (χ1v) is 7.54. The molecule has 0 unspecified atom stereocenters. The minimum Gasteiger partial charge on any atom is -0.495 e. The van der Waals surface area contributed by atoms with Crippen molar-refractivity contribution in [3.63, 3.8) is 0 Å². The molecular weight excluding hydrogens is 276 g/mol. The van der Waals surface area contributed by atoms with Crippen molar-refractivity contribution in [1.29, 1.82) is 0 Å². The summed E-state index contributed by atoms with van der Waals surface area (Å²) in [7, 11) is 1.72. The van der Waals surface area contributed by atoms with Crippen LogP contribution in [0.25, 0.3) is 0 Å². The van der Waals surface area contributed by atoms with Crippen molar-refractivity contribution in [2.24, 2.45) is 0 Å². The molecule has 5 nitrogen and oxygen atoms in total. The Hall–Kier alpha value is -2.43. The molecule has 0 amide bonds. The van der Waals surface area contributed by atoms with Crippen LogP contribution in [0.15, 0.2) is 36.5 Å². The largest absolute Gasteiger partial charge is 0.495 e.